The molecule has 0 aromatic heterocycles. The topological polar surface area (TPSA) is 41.1 Å². The lowest BCUT2D eigenvalue weighted by atomic mass is 10.1. The minimum Gasteiger partial charge on any atom is -0.324 e. The van der Waals surface area contributed by atoms with Crippen LogP contribution >= 0.6 is 11.6 Å². The van der Waals surface area contributed by atoms with Crippen LogP contribution < -0.4 is 10.6 Å². The van der Waals surface area contributed by atoms with E-state index in [1.807, 2.05) is 12.1 Å². The van der Waals surface area contributed by atoms with Crippen LogP contribution in [0.15, 0.2) is 18.2 Å². The van der Waals surface area contributed by atoms with Gasteiger partial charge in [0.25, 0.3) is 0 Å². The Morgan fingerprint density at radius 3 is 3.00 bits per heavy atom. The molecule has 0 spiro atoms. The SMILES string of the molecule is O=C1Nc2cc(Cl)ccc2C1NCC1CC1. The van der Waals surface area contributed by atoms with Crippen molar-refractivity contribution < 1.29 is 4.79 Å². The molecule has 1 aliphatic heterocycles. The van der Waals surface area contributed by atoms with E-state index in [0.29, 0.717) is 5.02 Å². The van der Waals surface area contributed by atoms with Crippen LogP contribution in [0.2, 0.25) is 5.02 Å². The van der Waals surface area contributed by atoms with E-state index in [4.69, 9.17) is 11.6 Å². The van der Waals surface area contributed by atoms with Gasteiger partial charge in [-0.3, -0.25) is 4.79 Å². The zero-order valence-corrected chi connectivity index (χ0v) is 9.55. The number of carbonyl (C=O) groups excluding carboxylic acids is 1. The number of halogens is 1. The molecule has 1 heterocycles. The second-order valence-electron chi connectivity index (χ2n) is 4.51. The van der Waals surface area contributed by atoms with Crippen LogP contribution in [0.5, 0.6) is 0 Å². The fourth-order valence-electron chi connectivity index (χ4n) is 2.04. The Kier molecular flexibility index (Phi) is 2.37. The maximum Gasteiger partial charge on any atom is 0.246 e. The minimum absolute atomic E-state index is 0.0258. The minimum atomic E-state index is -0.201. The van der Waals surface area contributed by atoms with Crippen molar-refractivity contribution >= 4 is 23.2 Å². The molecule has 1 saturated carbocycles. The number of carbonyl (C=O) groups is 1. The van der Waals surface area contributed by atoms with Gasteiger partial charge < -0.3 is 10.6 Å². The Morgan fingerprint density at radius 2 is 2.25 bits per heavy atom. The van der Waals surface area contributed by atoms with Crippen LogP contribution in [0.25, 0.3) is 0 Å². The van der Waals surface area contributed by atoms with Crippen LogP contribution in [-0.4, -0.2) is 12.5 Å². The molecule has 2 aliphatic rings. The van der Waals surface area contributed by atoms with E-state index in [-0.39, 0.29) is 11.9 Å². The summed E-state index contributed by atoms with van der Waals surface area (Å²) in [5, 5.41) is 6.81. The van der Waals surface area contributed by atoms with Gasteiger partial charge in [-0.15, -0.1) is 0 Å². The molecule has 1 aliphatic carbocycles. The summed E-state index contributed by atoms with van der Waals surface area (Å²) in [4.78, 5) is 11.8. The van der Waals surface area contributed by atoms with Crippen LogP contribution in [0.1, 0.15) is 24.4 Å². The monoisotopic (exact) mass is 236 g/mol. The summed E-state index contributed by atoms with van der Waals surface area (Å²) >= 11 is 5.88. The Labute approximate surface area is 99.2 Å². The first-order valence-electron chi connectivity index (χ1n) is 5.58. The van der Waals surface area contributed by atoms with E-state index < -0.39 is 0 Å². The van der Waals surface area contributed by atoms with Crippen molar-refractivity contribution in [2.24, 2.45) is 5.92 Å². The van der Waals surface area contributed by atoms with Crippen molar-refractivity contribution in [3.05, 3.63) is 28.8 Å². The van der Waals surface area contributed by atoms with Gasteiger partial charge >= 0.3 is 0 Å². The third kappa shape index (κ3) is 1.81. The summed E-state index contributed by atoms with van der Waals surface area (Å²) in [5.41, 5.74) is 1.85. The Hall–Kier alpha value is -1.06. The van der Waals surface area contributed by atoms with Gasteiger partial charge in [0, 0.05) is 16.3 Å². The van der Waals surface area contributed by atoms with Crippen LogP contribution in [-0.2, 0) is 4.79 Å². The fraction of sp³-hybridized carbons (Fsp3) is 0.417. The van der Waals surface area contributed by atoms with Crippen molar-refractivity contribution in [1.29, 1.82) is 0 Å². The quantitative estimate of drug-likeness (QED) is 0.846. The van der Waals surface area contributed by atoms with Crippen molar-refractivity contribution in [3.8, 4) is 0 Å². The molecule has 1 unspecified atom stereocenters. The molecule has 1 amide bonds. The first-order chi connectivity index (χ1) is 7.74. The number of rotatable bonds is 3. The lowest BCUT2D eigenvalue weighted by molar-refractivity contribution is -0.117. The standard InChI is InChI=1S/C12H13ClN2O/c13-8-3-4-9-10(5-8)15-12(16)11(9)14-6-7-1-2-7/h3-5,7,11,14H,1-2,6H2,(H,15,16). The number of benzene rings is 1. The van der Waals surface area contributed by atoms with E-state index >= 15 is 0 Å². The maximum absolute atomic E-state index is 11.8. The molecule has 0 bridgehead atoms. The van der Waals surface area contributed by atoms with Gasteiger partial charge in [0.15, 0.2) is 0 Å². The summed E-state index contributed by atoms with van der Waals surface area (Å²) in [6.07, 6.45) is 2.57. The highest BCUT2D eigenvalue weighted by atomic mass is 35.5. The normalized spacial score (nSPS) is 23.1. The lowest BCUT2D eigenvalue weighted by Crippen LogP contribution is -2.29. The number of hydrogen-bond acceptors (Lipinski definition) is 2. The van der Waals surface area contributed by atoms with E-state index in [1.165, 1.54) is 12.8 Å². The van der Waals surface area contributed by atoms with Crippen LogP contribution in [0, 0.1) is 5.92 Å². The average molecular weight is 237 g/mol. The van der Waals surface area contributed by atoms with Gasteiger partial charge in [-0.1, -0.05) is 17.7 Å². The van der Waals surface area contributed by atoms with Crippen LogP contribution in [0.4, 0.5) is 5.69 Å². The van der Waals surface area contributed by atoms with E-state index in [1.54, 1.807) is 6.07 Å². The Balaban J connectivity index is 1.81. The summed E-state index contributed by atoms with van der Waals surface area (Å²) in [7, 11) is 0. The zero-order valence-electron chi connectivity index (χ0n) is 8.79. The molecule has 84 valence electrons. The number of hydrogen-bond donors (Lipinski definition) is 2. The summed E-state index contributed by atoms with van der Waals surface area (Å²) in [6.45, 7) is 0.931. The highest BCUT2D eigenvalue weighted by Crippen LogP contribution is 2.34. The van der Waals surface area contributed by atoms with E-state index in [2.05, 4.69) is 10.6 Å². The summed E-state index contributed by atoms with van der Waals surface area (Å²) in [6, 6.07) is 5.34. The van der Waals surface area contributed by atoms with Crippen molar-refractivity contribution in [2.45, 2.75) is 18.9 Å². The van der Waals surface area contributed by atoms with Crippen molar-refractivity contribution in [3.63, 3.8) is 0 Å². The zero-order chi connectivity index (χ0) is 11.1. The third-order valence-corrected chi connectivity index (χ3v) is 3.39. The Morgan fingerprint density at radius 1 is 1.44 bits per heavy atom. The van der Waals surface area contributed by atoms with Gasteiger partial charge in [0.1, 0.15) is 6.04 Å². The van der Waals surface area contributed by atoms with Gasteiger partial charge in [0.05, 0.1) is 0 Å². The Bertz CT molecular complexity index is 443. The maximum atomic E-state index is 11.8. The molecule has 1 aromatic rings. The molecule has 1 fully saturated rings. The molecule has 1 atom stereocenters. The van der Waals surface area contributed by atoms with E-state index in [0.717, 1.165) is 23.7 Å². The van der Waals surface area contributed by atoms with Gasteiger partial charge in [0.2, 0.25) is 5.91 Å². The molecule has 4 heteroatoms. The first kappa shape index (κ1) is 10.1. The largest absolute Gasteiger partial charge is 0.324 e. The highest BCUT2D eigenvalue weighted by Gasteiger charge is 2.32. The highest BCUT2D eigenvalue weighted by molar-refractivity contribution is 6.31. The van der Waals surface area contributed by atoms with Gasteiger partial charge in [-0.25, -0.2) is 0 Å². The van der Waals surface area contributed by atoms with E-state index in [9.17, 15) is 4.79 Å². The molecular weight excluding hydrogens is 224 g/mol. The third-order valence-electron chi connectivity index (χ3n) is 3.15. The van der Waals surface area contributed by atoms with Crippen molar-refractivity contribution in [2.75, 3.05) is 11.9 Å². The first-order valence-corrected chi connectivity index (χ1v) is 5.95. The summed E-state index contributed by atoms with van der Waals surface area (Å²) < 4.78 is 0. The molecular formula is C12H13ClN2O. The second kappa shape index (κ2) is 3.75. The number of amides is 1. The number of fused-ring (bicyclic) bond motifs is 1. The van der Waals surface area contributed by atoms with Crippen molar-refractivity contribution in [1.82, 2.24) is 5.32 Å². The molecule has 1 aromatic carbocycles. The van der Waals surface area contributed by atoms with Gasteiger partial charge in [-0.05, 0) is 37.4 Å². The molecule has 0 radical (unpaired) electrons. The number of nitrogens with one attached hydrogen (secondary N) is 2. The smallest absolute Gasteiger partial charge is 0.246 e. The van der Waals surface area contributed by atoms with Crippen LogP contribution in [0.3, 0.4) is 0 Å². The predicted molar refractivity (Wildman–Crippen MR) is 63.5 cm³/mol. The fourth-order valence-corrected chi connectivity index (χ4v) is 2.22. The average Bonchev–Trinajstić information content (AvgIpc) is 3.00. The van der Waals surface area contributed by atoms with Gasteiger partial charge in [-0.2, -0.15) is 0 Å². The molecule has 3 rings (SSSR count). The predicted octanol–water partition coefficient (Wildman–Crippen LogP) is 2.33. The lowest BCUT2D eigenvalue weighted by Gasteiger charge is -2.10. The molecule has 2 N–H and O–H groups in total. The molecule has 3 nitrogen and oxygen atoms in total. The number of anilines is 1. The second-order valence-corrected chi connectivity index (χ2v) is 4.94. The molecule has 16 heavy (non-hydrogen) atoms. The molecule has 0 saturated heterocycles. The summed E-state index contributed by atoms with van der Waals surface area (Å²) in [5.74, 6) is 0.794.